The highest BCUT2D eigenvalue weighted by Crippen LogP contribution is 2.28. The molecule has 1 atom stereocenters. The lowest BCUT2D eigenvalue weighted by Gasteiger charge is -2.17. The average Bonchev–Trinajstić information content (AvgIpc) is 3.28. The molecule has 0 aliphatic heterocycles. The smallest absolute Gasteiger partial charge is 0.319 e. The number of thioether (sulfide) groups is 1. The van der Waals surface area contributed by atoms with E-state index in [0.29, 0.717) is 11.5 Å². The minimum Gasteiger partial charge on any atom is -0.328 e. The number of nitrogens with one attached hydrogen (secondary N) is 2. The van der Waals surface area contributed by atoms with Crippen LogP contribution in [0.2, 0.25) is 0 Å². The number of amides is 2. The summed E-state index contributed by atoms with van der Waals surface area (Å²) in [4.78, 5) is 22.9. The number of carbonyl (C=O) groups excluding carboxylic acids is 1. The van der Waals surface area contributed by atoms with E-state index in [9.17, 15) is 14.9 Å². The summed E-state index contributed by atoms with van der Waals surface area (Å²) >= 11 is 1.57. The molecule has 10 heteroatoms. The lowest BCUT2D eigenvalue weighted by molar-refractivity contribution is -0.384. The third-order valence-electron chi connectivity index (χ3n) is 5.23. The fraction of sp³-hybridized carbons (Fsp3) is 0.160. The van der Waals surface area contributed by atoms with Crippen LogP contribution in [0.25, 0.3) is 5.69 Å². The molecule has 0 aliphatic carbocycles. The first-order valence-corrected chi connectivity index (χ1v) is 11.9. The number of anilines is 1. The van der Waals surface area contributed by atoms with Gasteiger partial charge in [0.15, 0.2) is 11.0 Å². The molecule has 0 fully saturated rings. The fourth-order valence-electron chi connectivity index (χ4n) is 3.41. The van der Waals surface area contributed by atoms with Gasteiger partial charge in [-0.2, -0.15) is 0 Å². The maximum absolute atomic E-state index is 12.6. The Morgan fingerprint density at radius 1 is 1.03 bits per heavy atom. The van der Waals surface area contributed by atoms with E-state index in [-0.39, 0.29) is 5.69 Å². The van der Waals surface area contributed by atoms with Crippen LogP contribution in [-0.2, 0) is 5.75 Å². The molecular formula is C25H24N6O3S. The number of nitro groups is 1. The van der Waals surface area contributed by atoms with Crippen LogP contribution in [0.15, 0.2) is 84.0 Å². The first-order chi connectivity index (χ1) is 16.9. The lowest BCUT2D eigenvalue weighted by atomic mass is 10.2. The molecule has 9 nitrogen and oxygen atoms in total. The molecular weight excluding hydrogens is 464 g/mol. The molecule has 178 valence electrons. The summed E-state index contributed by atoms with van der Waals surface area (Å²) in [6, 6.07) is 22.9. The third-order valence-corrected chi connectivity index (χ3v) is 6.23. The predicted molar refractivity (Wildman–Crippen MR) is 136 cm³/mol. The average molecular weight is 489 g/mol. The highest BCUT2D eigenvalue weighted by Gasteiger charge is 2.21. The van der Waals surface area contributed by atoms with Gasteiger partial charge in [-0.1, -0.05) is 59.8 Å². The quantitative estimate of drug-likeness (QED) is 0.188. The molecule has 2 N–H and O–H groups in total. The fourth-order valence-corrected chi connectivity index (χ4v) is 4.32. The van der Waals surface area contributed by atoms with Gasteiger partial charge in [-0.3, -0.25) is 14.7 Å². The second-order valence-corrected chi connectivity index (χ2v) is 8.85. The van der Waals surface area contributed by atoms with Gasteiger partial charge in [-0.15, -0.1) is 10.2 Å². The van der Waals surface area contributed by atoms with Gasteiger partial charge in [0.1, 0.15) is 0 Å². The SMILES string of the molecule is Cc1ccc(-n2c(SCc3ccccc3)nnc2C(C)NC(=O)Nc2ccc([N+](=O)[O-])cc2)cc1. The molecule has 0 bridgehead atoms. The van der Waals surface area contributed by atoms with Crippen molar-refractivity contribution in [2.24, 2.45) is 0 Å². The normalized spacial score (nSPS) is 11.6. The Morgan fingerprint density at radius 2 is 1.71 bits per heavy atom. The van der Waals surface area contributed by atoms with E-state index in [2.05, 4.69) is 33.0 Å². The number of aromatic nitrogens is 3. The van der Waals surface area contributed by atoms with Crippen molar-refractivity contribution in [3.63, 3.8) is 0 Å². The van der Waals surface area contributed by atoms with Crippen LogP contribution in [0.5, 0.6) is 0 Å². The maximum atomic E-state index is 12.6. The van der Waals surface area contributed by atoms with Gasteiger partial charge in [-0.05, 0) is 43.7 Å². The molecule has 0 radical (unpaired) electrons. The first-order valence-electron chi connectivity index (χ1n) is 10.9. The number of hydrogen-bond acceptors (Lipinski definition) is 6. The summed E-state index contributed by atoms with van der Waals surface area (Å²) < 4.78 is 1.95. The molecule has 0 spiro atoms. The maximum Gasteiger partial charge on any atom is 0.319 e. The molecule has 0 saturated heterocycles. The minimum atomic E-state index is -0.489. The highest BCUT2D eigenvalue weighted by molar-refractivity contribution is 7.98. The molecule has 2 amide bonds. The van der Waals surface area contributed by atoms with Gasteiger partial charge in [0.05, 0.1) is 11.0 Å². The molecule has 1 heterocycles. The minimum absolute atomic E-state index is 0.0453. The summed E-state index contributed by atoms with van der Waals surface area (Å²) in [6.07, 6.45) is 0. The largest absolute Gasteiger partial charge is 0.328 e. The van der Waals surface area contributed by atoms with Crippen molar-refractivity contribution < 1.29 is 9.72 Å². The van der Waals surface area contributed by atoms with Crippen LogP contribution in [0, 0.1) is 17.0 Å². The van der Waals surface area contributed by atoms with E-state index < -0.39 is 17.0 Å². The molecule has 1 aromatic heterocycles. The Balaban J connectivity index is 1.53. The zero-order chi connectivity index (χ0) is 24.8. The van der Waals surface area contributed by atoms with Gasteiger partial charge >= 0.3 is 6.03 Å². The Labute approximate surface area is 206 Å². The number of rotatable bonds is 8. The number of carbonyl (C=O) groups is 1. The Kier molecular flexibility index (Phi) is 7.41. The van der Waals surface area contributed by atoms with E-state index in [1.54, 1.807) is 11.8 Å². The Hall–Kier alpha value is -4.18. The predicted octanol–water partition coefficient (Wildman–Crippen LogP) is 5.66. The number of urea groups is 1. The van der Waals surface area contributed by atoms with Crippen molar-refractivity contribution in [2.45, 2.75) is 30.8 Å². The molecule has 0 saturated carbocycles. The molecule has 4 rings (SSSR count). The van der Waals surface area contributed by atoms with E-state index in [0.717, 1.165) is 22.2 Å². The monoisotopic (exact) mass is 488 g/mol. The Bertz CT molecular complexity index is 1310. The van der Waals surface area contributed by atoms with Crippen LogP contribution >= 0.6 is 11.8 Å². The van der Waals surface area contributed by atoms with Crippen LogP contribution in [0.3, 0.4) is 0 Å². The van der Waals surface area contributed by atoms with Crippen LogP contribution < -0.4 is 10.6 Å². The summed E-state index contributed by atoms with van der Waals surface area (Å²) in [5.41, 5.74) is 3.60. The summed E-state index contributed by atoms with van der Waals surface area (Å²) in [6.45, 7) is 3.85. The van der Waals surface area contributed by atoms with Gasteiger partial charge in [0.2, 0.25) is 0 Å². The van der Waals surface area contributed by atoms with Crippen molar-refractivity contribution in [2.75, 3.05) is 5.32 Å². The molecule has 3 aromatic carbocycles. The molecule has 0 aliphatic rings. The first kappa shape index (κ1) is 24.0. The second-order valence-electron chi connectivity index (χ2n) is 7.91. The third kappa shape index (κ3) is 6.04. The number of hydrogen-bond donors (Lipinski definition) is 2. The molecule has 1 unspecified atom stereocenters. The van der Waals surface area contributed by atoms with Crippen molar-refractivity contribution in [1.82, 2.24) is 20.1 Å². The van der Waals surface area contributed by atoms with Gasteiger partial charge in [0, 0.05) is 29.3 Å². The number of nitro benzene ring substituents is 1. The number of benzene rings is 3. The second kappa shape index (κ2) is 10.8. The summed E-state index contributed by atoms with van der Waals surface area (Å²) in [7, 11) is 0. The number of non-ortho nitro benzene ring substituents is 1. The summed E-state index contributed by atoms with van der Waals surface area (Å²) in [5.74, 6) is 1.32. The molecule has 4 aromatic rings. The van der Waals surface area contributed by atoms with Crippen LogP contribution in [-0.4, -0.2) is 25.7 Å². The van der Waals surface area contributed by atoms with Gasteiger partial charge in [0.25, 0.3) is 5.69 Å². The van der Waals surface area contributed by atoms with E-state index in [1.807, 2.05) is 60.9 Å². The van der Waals surface area contributed by atoms with Gasteiger partial charge in [-0.25, -0.2) is 4.79 Å². The topological polar surface area (TPSA) is 115 Å². The zero-order valence-corrected chi connectivity index (χ0v) is 20.0. The van der Waals surface area contributed by atoms with Crippen molar-refractivity contribution in [1.29, 1.82) is 0 Å². The molecule has 35 heavy (non-hydrogen) atoms. The Morgan fingerprint density at radius 3 is 2.37 bits per heavy atom. The van der Waals surface area contributed by atoms with E-state index >= 15 is 0 Å². The van der Waals surface area contributed by atoms with Crippen molar-refractivity contribution in [3.8, 4) is 5.69 Å². The van der Waals surface area contributed by atoms with Crippen molar-refractivity contribution >= 4 is 29.2 Å². The number of aryl methyl sites for hydroxylation is 1. The standard InChI is InChI=1S/C25H24N6O3S/c1-17-8-12-21(13-9-17)30-23(28-29-25(30)35-16-19-6-4-3-5-7-19)18(2)26-24(32)27-20-10-14-22(15-11-20)31(33)34/h3-15,18H,16H2,1-2H3,(H2,26,27,32). The van der Waals surface area contributed by atoms with E-state index in [1.165, 1.54) is 29.8 Å². The van der Waals surface area contributed by atoms with E-state index in [4.69, 9.17) is 0 Å². The number of nitrogens with zero attached hydrogens (tertiary/aromatic N) is 4. The van der Waals surface area contributed by atoms with Crippen molar-refractivity contribution in [3.05, 3.63) is 106 Å². The van der Waals surface area contributed by atoms with Gasteiger partial charge < -0.3 is 10.6 Å². The van der Waals surface area contributed by atoms with Crippen LogP contribution in [0.4, 0.5) is 16.2 Å². The lowest BCUT2D eigenvalue weighted by Crippen LogP contribution is -2.32. The van der Waals surface area contributed by atoms with Crippen LogP contribution in [0.1, 0.15) is 29.9 Å². The highest BCUT2D eigenvalue weighted by atomic mass is 32.2. The zero-order valence-electron chi connectivity index (χ0n) is 19.2. The summed E-state index contributed by atoms with van der Waals surface area (Å²) in [5, 5.41) is 25.9.